The Morgan fingerprint density at radius 3 is 2.92 bits per heavy atom. The standard InChI is InChI=1S/C18H26N6O/c1-13-10-15(11-19-17(13)24-9-5-4-6-14(24)2)22-18(25)20-12-16-7-8-21-23(16)3/h7-8,10-11,14H,4-6,9,12H2,1-3H3,(H2,20,22,25)/t14-/m1/s1. The van der Waals surface area contributed by atoms with Crippen molar-refractivity contribution < 1.29 is 4.79 Å². The van der Waals surface area contributed by atoms with Crippen LogP contribution >= 0.6 is 0 Å². The third kappa shape index (κ3) is 4.10. The zero-order valence-corrected chi connectivity index (χ0v) is 15.1. The summed E-state index contributed by atoms with van der Waals surface area (Å²) in [6.45, 7) is 5.77. The fourth-order valence-corrected chi connectivity index (χ4v) is 3.27. The molecule has 0 saturated carbocycles. The van der Waals surface area contributed by atoms with Crippen LogP contribution in [0.2, 0.25) is 0 Å². The second-order valence-corrected chi connectivity index (χ2v) is 6.66. The smallest absolute Gasteiger partial charge is 0.319 e. The minimum Gasteiger partial charge on any atom is -0.354 e. The van der Waals surface area contributed by atoms with Crippen molar-refractivity contribution in [2.45, 2.75) is 45.7 Å². The molecular formula is C18H26N6O. The predicted octanol–water partition coefficient (Wildman–Crippen LogP) is 2.82. The van der Waals surface area contributed by atoms with Gasteiger partial charge < -0.3 is 15.5 Å². The van der Waals surface area contributed by atoms with E-state index in [0.29, 0.717) is 18.3 Å². The molecule has 3 heterocycles. The Balaban J connectivity index is 1.60. The Kier molecular flexibility index (Phi) is 5.21. The highest BCUT2D eigenvalue weighted by molar-refractivity contribution is 5.89. The SMILES string of the molecule is Cc1cc(NC(=O)NCc2ccnn2C)cnc1N1CCCC[C@H]1C. The number of pyridine rings is 1. The molecule has 2 aromatic heterocycles. The lowest BCUT2D eigenvalue weighted by molar-refractivity contribution is 0.251. The number of aromatic nitrogens is 3. The van der Waals surface area contributed by atoms with Crippen molar-refractivity contribution in [2.24, 2.45) is 7.05 Å². The van der Waals surface area contributed by atoms with Crippen molar-refractivity contribution in [1.29, 1.82) is 0 Å². The molecule has 25 heavy (non-hydrogen) atoms. The van der Waals surface area contributed by atoms with E-state index < -0.39 is 0 Å². The number of amides is 2. The summed E-state index contributed by atoms with van der Waals surface area (Å²) in [7, 11) is 1.85. The molecule has 0 aliphatic carbocycles. The molecule has 0 bridgehead atoms. The van der Waals surface area contributed by atoms with Crippen LogP contribution in [0.25, 0.3) is 0 Å². The lowest BCUT2D eigenvalue weighted by atomic mass is 10.0. The zero-order valence-electron chi connectivity index (χ0n) is 15.1. The molecule has 1 aliphatic rings. The van der Waals surface area contributed by atoms with Crippen LogP contribution in [0.5, 0.6) is 0 Å². The number of aryl methyl sites for hydroxylation is 2. The molecule has 0 unspecified atom stereocenters. The van der Waals surface area contributed by atoms with E-state index in [9.17, 15) is 4.79 Å². The van der Waals surface area contributed by atoms with E-state index in [1.807, 2.05) is 26.1 Å². The fourth-order valence-electron chi connectivity index (χ4n) is 3.27. The molecule has 0 radical (unpaired) electrons. The predicted molar refractivity (Wildman–Crippen MR) is 98.7 cm³/mol. The van der Waals surface area contributed by atoms with Gasteiger partial charge in [0.2, 0.25) is 0 Å². The van der Waals surface area contributed by atoms with Gasteiger partial charge in [-0.2, -0.15) is 5.10 Å². The van der Waals surface area contributed by atoms with Gasteiger partial charge in [0.05, 0.1) is 24.1 Å². The Labute approximate surface area is 148 Å². The first-order valence-corrected chi connectivity index (χ1v) is 8.79. The zero-order chi connectivity index (χ0) is 17.8. The summed E-state index contributed by atoms with van der Waals surface area (Å²) in [5.41, 5.74) is 2.73. The van der Waals surface area contributed by atoms with Crippen LogP contribution in [0.3, 0.4) is 0 Å². The molecule has 2 N–H and O–H groups in total. The van der Waals surface area contributed by atoms with E-state index in [0.717, 1.165) is 23.6 Å². The number of urea groups is 1. The third-order valence-electron chi connectivity index (χ3n) is 4.74. The molecule has 1 fully saturated rings. The van der Waals surface area contributed by atoms with Gasteiger partial charge in [-0.15, -0.1) is 0 Å². The Bertz CT molecular complexity index is 741. The molecule has 2 amide bonds. The number of nitrogens with zero attached hydrogens (tertiary/aromatic N) is 4. The summed E-state index contributed by atoms with van der Waals surface area (Å²) in [6, 6.07) is 4.12. The van der Waals surface area contributed by atoms with Gasteiger partial charge in [-0.05, 0) is 50.8 Å². The van der Waals surface area contributed by atoms with E-state index in [2.05, 4.69) is 32.5 Å². The van der Waals surface area contributed by atoms with E-state index in [4.69, 9.17) is 0 Å². The first-order chi connectivity index (χ1) is 12.0. The van der Waals surface area contributed by atoms with Crippen molar-refractivity contribution in [2.75, 3.05) is 16.8 Å². The van der Waals surface area contributed by atoms with Gasteiger partial charge in [0.1, 0.15) is 5.82 Å². The Morgan fingerprint density at radius 1 is 1.40 bits per heavy atom. The number of carbonyl (C=O) groups excluding carboxylic acids is 1. The van der Waals surface area contributed by atoms with Gasteiger partial charge in [0, 0.05) is 25.8 Å². The molecular weight excluding hydrogens is 316 g/mol. The maximum Gasteiger partial charge on any atom is 0.319 e. The Hall–Kier alpha value is -2.57. The van der Waals surface area contributed by atoms with Crippen LogP contribution in [-0.4, -0.2) is 33.4 Å². The molecule has 7 heteroatoms. The summed E-state index contributed by atoms with van der Waals surface area (Å²) in [6.07, 6.45) is 7.14. The normalized spacial score (nSPS) is 17.4. The fraction of sp³-hybridized carbons (Fsp3) is 0.500. The first-order valence-electron chi connectivity index (χ1n) is 8.79. The summed E-state index contributed by atoms with van der Waals surface area (Å²) >= 11 is 0. The van der Waals surface area contributed by atoms with Crippen LogP contribution in [-0.2, 0) is 13.6 Å². The molecule has 0 aromatic carbocycles. The molecule has 1 saturated heterocycles. The third-order valence-corrected chi connectivity index (χ3v) is 4.74. The first kappa shape index (κ1) is 17.3. The van der Waals surface area contributed by atoms with Crippen molar-refractivity contribution in [1.82, 2.24) is 20.1 Å². The van der Waals surface area contributed by atoms with Gasteiger partial charge in [-0.25, -0.2) is 9.78 Å². The van der Waals surface area contributed by atoms with E-state index in [1.165, 1.54) is 19.3 Å². The maximum absolute atomic E-state index is 12.1. The van der Waals surface area contributed by atoms with Crippen LogP contribution in [0.4, 0.5) is 16.3 Å². The summed E-state index contributed by atoms with van der Waals surface area (Å²) in [5, 5.41) is 9.76. The summed E-state index contributed by atoms with van der Waals surface area (Å²) in [5.74, 6) is 1.02. The number of hydrogen-bond acceptors (Lipinski definition) is 4. The lowest BCUT2D eigenvalue weighted by Crippen LogP contribution is -2.38. The van der Waals surface area contributed by atoms with Crippen LogP contribution in [0.15, 0.2) is 24.5 Å². The van der Waals surface area contributed by atoms with E-state index >= 15 is 0 Å². The van der Waals surface area contributed by atoms with Gasteiger partial charge >= 0.3 is 6.03 Å². The molecule has 7 nitrogen and oxygen atoms in total. The monoisotopic (exact) mass is 342 g/mol. The quantitative estimate of drug-likeness (QED) is 0.896. The number of piperidine rings is 1. The lowest BCUT2D eigenvalue weighted by Gasteiger charge is -2.35. The average Bonchev–Trinajstić information content (AvgIpc) is 2.99. The second-order valence-electron chi connectivity index (χ2n) is 6.66. The highest BCUT2D eigenvalue weighted by Gasteiger charge is 2.21. The largest absolute Gasteiger partial charge is 0.354 e. The average molecular weight is 342 g/mol. The number of rotatable bonds is 4. The van der Waals surface area contributed by atoms with E-state index in [-0.39, 0.29) is 6.03 Å². The van der Waals surface area contributed by atoms with Crippen LogP contribution in [0.1, 0.15) is 37.4 Å². The van der Waals surface area contributed by atoms with Crippen LogP contribution in [0, 0.1) is 6.92 Å². The molecule has 1 aliphatic heterocycles. The second kappa shape index (κ2) is 7.55. The van der Waals surface area contributed by atoms with Gasteiger partial charge in [0.25, 0.3) is 0 Å². The molecule has 2 aromatic rings. The number of nitrogens with one attached hydrogen (secondary N) is 2. The van der Waals surface area contributed by atoms with Crippen molar-refractivity contribution >= 4 is 17.5 Å². The minimum atomic E-state index is -0.249. The highest BCUT2D eigenvalue weighted by atomic mass is 16.2. The van der Waals surface area contributed by atoms with Crippen LogP contribution < -0.4 is 15.5 Å². The topological polar surface area (TPSA) is 75.1 Å². The van der Waals surface area contributed by atoms with Gasteiger partial charge in [-0.1, -0.05) is 0 Å². The molecule has 1 atom stereocenters. The molecule has 3 rings (SSSR count). The highest BCUT2D eigenvalue weighted by Crippen LogP contribution is 2.27. The number of carbonyl (C=O) groups is 1. The van der Waals surface area contributed by atoms with Crippen molar-refractivity contribution in [3.05, 3.63) is 35.8 Å². The van der Waals surface area contributed by atoms with Crippen molar-refractivity contribution in [3.8, 4) is 0 Å². The summed E-state index contributed by atoms with van der Waals surface area (Å²) < 4.78 is 1.74. The molecule has 134 valence electrons. The number of hydrogen-bond donors (Lipinski definition) is 2. The summed E-state index contributed by atoms with van der Waals surface area (Å²) in [4.78, 5) is 19.0. The number of anilines is 2. The molecule has 0 spiro atoms. The van der Waals surface area contributed by atoms with Gasteiger partial charge in [-0.3, -0.25) is 4.68 Å². The van der Waals surface area contributed by atoms with E-state index in [1.54, 1.807) is 17.1 Å². The van der Waals surface area contributed by atoms with Crippen molar-refractivity contribution in [3.63, 3.8) is 0 Å². The van der Waals surface area contributed by atoms with Gasteiger partial charge in [0.15, 0.2) is 0 Å². The minimum absolute atomic E-state index is 0.249. The maximum atomic E-state index is 12.1. The Morgan fingerprint density at radius 2 is 2.24 bits per heavy atom.